The van der Waals surface area contributed by atoms with E-state index in [-0.39, 0.29) is 23.2 Å². The minimum atomic E-state index is -1.09. The van der Waals surface area contributed by atoms with Gasteiger partial charge >= 0.3 is 11.9 Å². The summed E-state index contributed by atoms with van der Waals surface area (Å²) < 4.78 is 10.4. The van der Waals surface area contributed by atoms with Crippen LogP contribution >= 0.6 is 0 Å². The highest BCUT2D eigenvalue weighted by atomic mass is 16.5. The van der Waals surface area contributed by atoms with Gasteiger partial charge in [0.05, 0.1) is 46.3 Å². The number of hydrogen-bond acceptors (Lipinski definition) is 7. The monoisotopic (exact) mass is 545 g/mol. The van der Waals surface area contributed by atoms with Crippen LogP contribution in [0.2, 0.25) is 0 Å². The van der Waals surface area contributed by atoms with Crippen LogP contribution in [-0.4, -0.2) is 41.0 Å². The van der Waals surface area contributed by atoms with E-state index in [0.29, 0.717) is 16.7 Å². The highest BCUT2D eigenvalue weighted by molar-refractivity contribution is 6.03. The Morgan fingerprint density at radius 3 is 1.93 bits per heavy atom. The average Bonchev–Trinajstić information content (AvgIpc) is 3.03. The van der Waals surface area contributed by atoms with Crippen molar-refractivity contribution < 1.29 is 23.9 Å². The van der Waals surface area contributed by atoms with Crippen molar-refractivity contribution in [3.05, 3.63) is 114 Å². The molecule has 41 heavy (non-hydrogen) atoms. The summed E-state index contributed by atoms with van der Waals surface area (Å²) >= 11 is 0. The largest absolute Gasteiger partial charge is 0.465 e. The molecule has 5 rings (SSSR count). The fraction of sp³-hybridized carbons (Fsp3) is 0.121. The number of nitrogens with one attached hydrogen (secondary N) is 1. The maximum Gasteiger partial charge on any atom is 0.339 e. The Hall–Kier alpha value is -5.37. The van der Waals surface area contributed by atoms with Gasteiger partial charge in [-0.2, -0.15) is 0 Å². The van der Waals surface area contributed by atoms with Gasteiger partial charge in [-0.1, -0.05) is 79.7 Å². The van der Waals surface area contributed by atoms with E-state index in [0.717, 1.165) is 16.8 Å². The molecule has 1 unspecified atom stereocenters. The van der Waals surface area contributed by atoms with Crippen LogP contribution < -0.4 is 5.32 Å². The van der Waals surface area contributed by atoms with Crippen molar-refractivity contribution in [3.8, 4) is 22.5 Å². The third-order valence-electron chi connectivity index (χ3n) is 6.50. The average molecular weight is 546 g/mol. The van der Waals surface area contributed by atoms with Crippen LogP contribution in [0.1, 0.15) is 34.1 Å². The van der Waals surface area contributed by atoms with Gasteiger partial charge in [-0.15, -0.1) is 0 Å². The standard InChI is InChI=1S/C33H27N3O5/c1-3-28(31(37)36-25-17-11-10-16-24(25)33(39)40-2)41-32(38)23-18-19-26-27(20-23)35-30(22-14-8-5-9-15-22)29(34-26)21-12-6-4-7-13-21/h4-20,28H,3H2,1-2H3,(H,36,37). The molecular formula is C33H27N3O5. The third kappa shape index (κ3) is 5.96. The highest BCUT2D eigenvalue weighted by Crippen LogP contribution is 2.31. The lowest BCUT2D eigenvalue weighted by Crippen LogP contribution is -2.32. The quantitative estimate of drug-likeness (QED) is 0.227. The van der Waals surface area contributed by atoms with Gasteiger partial charge in [-0.05, 0) is 36.8 Å². The van der Waals surface area contributed by atoms with Crippen molar-refractivity contribution in [2.24, 2.45) is 0 Å². The van der Waals surface area contributed by atoms with Crippen molar-refractivity contribution in [3.63, 3.8) is 0 Å². The molecule has 0 radical (unpaired) electrons. The van der Waals surface area contributed by atoms with Crippen LogP contribution in [0.5, 0.6) is 0 Å². The molecule has 1 aromatic heterocycles. The Balaban J connectivity index is 1.42. The van der Waals surface area contributed by atoms with Gasteiger partial charge in [0.1, 0.15) is 0 Å². The second-order valence-corrected chi connectivity index (χ2v) is 9.18. The smallest absolute Gasteiger partial charge is 0.339 e. The molecule has 0 saturated carbocycles. The molecule has 0 aliphatic heterocycles. The summed E-state index contributed by atoms with van der Waals surface area (Å²) in [6.45, 7) is 1.73. The Morgan fingerprint density at radius 2 is 1.32 bits per heavy atom. The molecule has 5 aromatic rings. The first-order valence-corrected chi connectivity index (χ1v) is 13.1. The maximum atomic E-state index is 13.2. The molecule has 1 N–H and O–H groups in total. The van der Waals surface area contributed by atoms with E-state index in [1.54, 1.807) is 43.3 Å². The van der Waals surface area contributed by atoms with E-state index in [4.69, 9.17) is 19.4 Å². The molecule has 0 spiro atoms. The number of nitrogens with zero attached hydrogens (tertiary/aromatic N) is 2. The van der Waals surface area contributed by atoms with Gasteiger partial charge in [-0.25, -0.2) is 19.6 Å². The minimum Gasteiger partial charge on any atom is -0.465 e. The van der Waals surface area contributed by atoms with Crippen LogP contribution in [-0.2, 0) is 14.3 Å². The van der Waals surface area contributed by atoms with Crippen molar-refractivity contribution in [2.45, 2.75) is 19.4 Å². The lowest BCUT2D eigenvalue weighted by Gasteiger charge is -2.17. The zero-order valence-corrected chi connectivity index (χ0v) is 22.5. The second kappa shape index (κ2) is 12.2. The summed E-state index contributed by atoms with van der Waals surface area (Å²) in [4.78, 5) is 48.0. The molecule has 4 aromatic carbocycles. The topological polar surface area (TPSA) is 107 Å². The maximum absolute atomic E-state index is 13.2. The number of para-hydroxylation sites is 1. The van der Waals surface area contributed by atoms with Gasteiger partial charge in [-0.3, -0.25) is 4.79 Å². The Labute approximate surface area is 237 Å². The van der Waals surface area contributed by atoms with Crippen molar-refractivity contribution in [1.82, 2.24) is 9.97 Å². The first-order valence-electron chi connectivity index (χ1n) is 13.1. The SMILES string of the molecule is CCC(OC(=O)c1ccc2nc(-c3ccccc3)c(-c3ccccc3)nc2c1)C(=O)Nc1ccccc1C(=O)OC. The van der Waals surface area contributed by atoms with Gasteiger partial charge in [0.25, 0.3) is 5.91 Å². The van der Waals surface area contributed by atoms with Crippen LogP contribution in [0.15, 0.2) is 103 Å². The van der Waals surface area contributed by atoms with Crippen LogP contribution in [0.3, 0.4) is 0 Å². The summed E-state index contributed by atoms with van der Waals surface area (Å²) in [5.74, 6) is -1.82. The number of carbonyl (C=O) groups is 3. The summed E-state index contributed by atoms with van der Waals surface area (Å²) in [5, 5.41) is 2.67. The normalized spacial score (nSPS) is 11.5. The molecule has 8 heteroatoms. The van der Waals surface area contributed by atoms with Crippen LogP contribution in [0, 0.1) is 0 Å². The number of fused-ring (bicyclic) bond motifs is 1. The van der Waals surface area contributed by atoms with Crippen LogP contribution in [0.25, 0.3) is 33.5 Å². The number of benzene rings is 4. The summed E-state index contributed by atoms with van der Waals surface area (Å²) in [5.41, 5.74) is 5.06. The first kappa shape index (κ1) is 27.2. The number of esters is 2. The zero-order chi connectivity index (χ0) is 28.8. The number of anilines is 1. The van der Waals surface area contributed by atoms with Gasteiger partial charge in [0, 0.05) is 11.1 Å². The van der Waals surface area contributed by atoms with Crippen molar-refractivity contribution in [2.75, 3.05) is 12.4 Å². The molecule has 8 nitrogen and oxygen atoms in total. The van der Waals surface area contributed by atoms with E-state index >= 15 is 0 Å². The Bertz CT molecular complexity index is 1720. The zero-order valence-electron chi connectivity index (χ0n) is 22.5. The van der Waals surface area contributed by atoms with Crippen molar-refractivity contribution in [1.29, 1.82) is 0 Å². The molecule has 0 saturated heterocycles. The molecule has 0 fully saturated rings. The fourth-order valence-electron chi connectivity index (χ4n) is 4.39. The molecule has 0 bridgehead atoms. The predicted octanol–water partition coefficient (Wildman–Crippen LogP) is 6.32. The summed E-state index contributed by atoms with van der Waals surface area (Å²) in [6.07, 6.45) is -0.862. The highest BCUT2D eigenvalue weighted by Gasteiger charge is 2.24. The lowest BCUT2D eigenvalue weighted by molar-refractivity contribution is -0.124. The number of carbonyl (C=O) groups excluding carboxylic acids is 3. The molecule has 1 atom stereocenters. The Kier molecular flexibility index (Phi) is 8.10. The number of amides is 1. The van der Waals surface area contributed by atoms with E-state index in [1.165, 1.54) is 13.2 Å². The number of rotatable bonds is 8. The van der Waals surface area contributed by atoms with Crippen LogP contribution in [0.4, 0.5) is 5.69 Å². The molecular weight excluding hydrogens is 518 g/mol. The molecule has 0 aliphatic carbocycles. The van der Waals surface area contributed by atoms with E-state index < -0.39 is 23.9 Å². The minimum absolute atomic E-state index is 0.196. The van der Waals surface area contributed by atoms with E-state index in [1.807, 2.05) is 60.7 Å². The van der Waals surface area contributed by atoms with Gasteiger partial charge in [0.15, 0.2) is 6.10 Å². The van der Waals surface area contributed by atoms with E-state index in [2.05, 4.69) is 5.32 Å². The molecule has 204 valence electrons. The number of hydrogen-bond donors (Lipinski definition) is 1. The van der Waals surface area contributed by atoms with E-state index in [9.17, 15) is 14.4 Å². The molecule has 1 heterocycles. The summed E-state index contributed by atoms with van der Waals surface area (Å²) in [6, 6.07) is 30.9. The first-order chi connectivity index (χ1) is 20.0. The fourth-order valence-corrected chi connectivity index (χ4v) is 4.39. The van der Waals surface area contributed by atoms with Gasteiger partial charge < -0.3 is 14.8 Å². The Morgan fingerprint density at radius 1 is 0.732 bits per heavy atom. The molecule has 0 aliphatic rings. The third-order valence-corrected chi connectivity index (χ3v) is 6.50. The van der Waals surface area contributed by atoms with Gasteiger partial charge in [0.2, 0.25) is 0 Å². The second-order valence-electron chi connectivity index (χ2n) is 9.18. The molecule has 1 amide bonds. The lowest BCUT2D eigenvalue weighted by atomic mass is 10.0. The number of methoxy groups -OCH3 is 1. The van der Waals surface area contributed by atoms with Crippen molar-refractivity contribution >= 4 is 34.6 Å². The number of aromatic nitrogens is 2. The predicted molar refractivity (Wildman–Crippen MR) is 156 cm³/mol. The summed E-state index contributed by atoms with van der Waals surface area (Å²) in [7, 11) is 1.26. The number of ether oxygens (including phenoxy) is 2.